The number of rotatable bonds is 3. The van der Waals surface area contributed by atoms with Crippen LogP contribution in [-0.2, 0) is 24.1 Å². The predicted molar refractivity (Wildman–Crippen MR) is 104 cm³/mol. The van der Waals surface area contributed by atoms with Gasteiger partial charge in [-0.15, -0.1) is 11.3 Å². The minimum Gasteiger partial charge on any atom is -0.341 e. The number of amides is 2. The summed E-state index contributed by atoms with van der Waals surface area (Å²) in [6.07, 6.45) is 4.72. The van der Waals surface area contributed by atoms with Gasteiger partial charge in [-0.1, -0.05) is 12.1 Å². The molecule has 0 N–H and O–H groups in total. The molecule has 0 saturated carbocycles. The van der Waals surface area contributed by atoms with Gasteiger partial charge in [0.1, 0.15) is 0 Å². The molecule has 0 spiro atoms. The molecule has 2 aromatic rings. The van der Waals surface area contributed by atoms with Crippen molar-refractivity contribution in [2.45, 2.75) is 32.1 Å². The first-order valence-electron chi connectivity index (χ1n) is 9.42. The molecule has 1 aliphatic carbocycles. The van der Waals surface area contributed by atoms with E-state index in [1.165, 1.54) is 17.5 Å². The van der Waals surface area contributed by atoms with Crippen molar-refractivity contribution in [1.29, 1.82) is 0 Å². The zero-order chi connectivity index (χ0) is 17.9. The molecule has 1 saturated heterocycles. The minimum absolute atomic E-state index is 0.104. The molecule has 0 radical (unpaired) electrons. The average Bonchev–Trinajstić information content (AvgIpc) is 3.27. The summed E-state index contributed by atoms with van der Waals surface area (Å²) in [5, 5.41) is 2.00. The van der Waals surface area contributed by atoms with Gasteiger partial charge in [0.25, 0.3) is 5.91 Å². The second-order valence-electron chi connectivity index (χ2n) is 7.12. The molecular formula is C21H24N2O2S. The van der Waals surface area contributed by atoms with Gasteiger partial charge in [-0.3, -0.25) is 9.59 Å². The van der Waals surface area contributed by atoms with Gasteiger partial charge in [-0.05, 0) is 60.4 Å². The molecule has 0 unspecified atom stereocenters. The highest BCUT2D eigenvalue weighted by Gasteiger charge is 2.24. The topological polar surface area (TPSA) is 40.6 Å². The van der Waals surface area contributed by atoms with Gasteiger partial charge in [0.2, 0.25) is 5.91 Å². The Labute approximate surface area is 158 Å². The SMILES string of the molecule is O=C(Cc1cccs1)N1CCCN(C(=O)c2ccc3c(c2)CCC3)CC1. The molecule has 2 aliphatic rings. The second-order valence-corrected chi connectivity index (χ2v) is 8.15. The van der Waals surface area contributed by atoms with Crippen LogP contribution in [0.25, 0.3) is 0 Å². The van der Waals surface area contributed by atoms with Crippen LogP contribution in [0.1, 0.15) is 39.2 Å². The number of aryl methyl sites for hydroxylation is 2. The van der Waals surface area contributed by atoms with Crippen molar-refractivity contribution in [2.24, 2.45) is 0 Å². The highest BCUT2D eigenvalue weighted by atomic mass is 32.1. The highest BCUT2D eigenvalue weighted by molar-refractivity contribution is 7.10. The monoisotopic (exact) mass is 368 g/mol. The van der Waals surface area contributed by atoms with Crippen molar-refractivity contribution in [2.75, 3.05) is 26.2 Å². The predicted octanol–water partition coefficient (Wildman–Crippen LogP) is 3.15. The van der Waals surface area contributed by atoms with Gasteiger partial charge in [0.15, 0.2) is 0 Å². The number of hydrogen-bond acceptors (Lipinski definition) is 3. The van der Waals surface area contributed by atoms with E-state index in [4.69, 9.17) is 0 Å². The molecule has 5 heteroatoms. The van der Waals surface area contributed by atoms with E-state index in [1.54, 1.807) is 11.3 Å². The Bertz CT molecular complexity index is 800. The first-order chi connectivity index (χ1) is 12.7. The molecular weight excluding hydrogens is 344 g/mol. The fraction of sp³-hybridized carbons (Fsp3) is 0.429. The Kier molecular flexibility index (Phi) is 5.07. The van der Waals surface area contributed by atoms with Crippen LogP contribution in [-0.4, -0.2) is 47.8 Å². The summed E-state index contributed by atoms with van der Waals surface area (Å²) in [5.74, 6) is 0.270. The van der Waals surface area contributed by atoms with Gasteiger partial charge >= 0.3 is 0 Å². The summed E-state index contributed by atoms with van der Waals surface area (Å²) in [6.45, 7) is 2.70. The van der Waals surface area contributed by atoms with Crippen LogP contribution in [0.3, 0.4) is 0 Å². The summed E-state index contributed by atoms with van der Waals surface area (Å²) >= 11 is 1.62. The van der Waals surface area contributed by atoms with Gasteiger partial charge in [-0.2, -0.15) is 0 Å². The van der Waals surface area contributed by atoms with E-state index in [2.05, 4.69) is 12.1 Å². The minimum atomic E-state index is 0.104. The lowest BCUT2D eigenvalue weighted by Gasteiger charge is -2.22. The van der Waals surface area contributed by atoms with Gasteiger partial charge in [0.05, 0.1) is 6.42 Å². The molecule has 0 bridgehead atoms. The van der Waals surface area contributed by atoms with E-state index in [0.29, 0.717) is 19.5 Å². The molecule has 4 rings (SSSR count). The first-order valence-corrected chi connectivity index (χ1v) is 10.3. The average molecular weight is 369 g/mol. The normalized spacial score (nSPS) is 17.1. The van der Waals surface area contributed by atoms with E-state index < -0.39 is 0 Å². The smallest absolute Gasteiger partial charge is 0.253 e. The van der Waals surface area contributed by atoms with Crippen LogP contribution in [0, 0.1) is 0 Å². The molecule has 136 valence electrons. The van der Waals surface area contributed by atoms with Crippen molar-refractivity contribution in [3.05, 3.63) is 57.3 Å². The zero-order valence-corrected chi connectivity index (χ0v) is 15.8. The fourth-order valence-electron chi connectivity index (χ4n) is 3.93. The Balaban J connectivity index is 1.38. The van der Waals surface area contributed by atoms with Crippen molar-refractivity contribution < 1.29 is 9.59 Å². The lowest BCUT2D eigenvalue weighted by Crippen LogP contribution is -2.37. The molecule has 1 aliphatic heterocycles. The van der Waals surface area contributed by atoms with Crippen LogP contribution in [0.4, 0.5) is 0 Å². The summed E-state index contributed by atoms with van der Waals surface area (Å²) in [4.78, 5) is 30.4. The van der Waals surface area contributed by atoms with E-state index in [-0.39, 0.29) is 11.8 Å². The van der Waals surface area contributed by atoms with E-state index in [9.17, 15) is 9.59 Å². The highest BCUT2D eigenvalue weighted by Crippen LogP contribution is 2.23. The third-order valence-electron chi connectivity index (χ3n) is 5.39. The van der Waals surface area contributed by atoms with Crippen LogP contribution < -0.4 is 0 Å². The number of thiophene rings is 1. The van der Waals surface area contributed by atoms with Crippen LogP contribution in [0.2, 0.25) is 0 Å². The fourth-order valence-corrected chi connectivity index (χ4v) is 4.63. The Morgan fingerprint density at radius 3 is 2.58 bits per heavy atom. The molecule has 2 heterocycles. The maximum Gasteiger partial charge on any atom is 0.253 e. The molecule has 0 atom stereocenters. The third kappa shape index (κ3) is 3.68. The largest absolute Gasteiger partial charge is 0.341 e. The lowest BCUT2D eigenvalue weighted by molar-refractivity contribution is -0.130. The van der Waals surface area contributed by atoms with Crippen LogP contribution in [0.5, 0.6) is 0 Å². The quantitative estimate of drug-likeness (QED) is 0.835. The summed E-state index contributed by atoms with van der Waals surface area (Å²) in [7, 11) is 0. The summed E-state index contributed by atoms with van der Waals surface area (Å²) < 4.78 is 0. The second kappa shape index (κ2) is 7.62. The van der Waals surface area contributed by atoms with Crippen molar-refractivity contribution >= 4 is 23.2 Å². The first kappa shape index (κ1) is 17.3. The standard InChI is InChI=1S/C21H24N2O2S/c24-20(15-19-6-2-13-26-19)22-9-3-10-23(12-11-22)21(25)18-8-7-16-4-1-5-17(16)14-18/h2,6-8,13-14H,1,3-5,9-12,15H2. The molecule has 26 heavy (non-hydrogen) atoms. The lowest BCUT2D eigenvalue weighted by atomic mass is 10.1. The Morgan fingerprint density at radius 2 is 1.73 bits per heavy atom. The maximum absolute atomic E-state index is 12.9. The molecule has 1 fully saturated rings. The number of carbonyl (C=O) groups excluding carboxylic acids is 2. The van der Waals surface area contributed by atoms with Gasteiger partial charge in [-0.25, -0.2) is 0 Å². The summed E-state index contributed by atoms with van der Waals surface area (Å²) in [5.41, 5.74) is 3.52. The number of nitrogens with zero attached hydrogens (tertiary/aromatic N) is 2. The van der Waals surface area contributed by atoms with E-state index >= 15 is 0 Å². The van der Waals surface area contributed by atoms with Gasteiger partial charge < -0.3 is 9.80 Å². The van der Waals surface area contributed by atoms with Crippen molar-refractivity contribution in [3.8, 4) is 0 Å². The van der Waals surface area contributed by atoms with Crippen molar-refractivity contribution in [1.82, 2.24) is 9.80 Å². The number of benzene rings is 1. The van der Waals surface area contributed by atoms with Crippen LogP contribution in [0.15, 0.2) is 35.7 Å². The Hall–Kier alpha value is -2.14. The number of carbonyl (C=O) groups is 2. The zero-order valence-electron chi connectivity index (χ0n) is 14.9. The van der Waals surface area contributed by atoms with Crippen molar-refractivity contribution in [3.63, 3.8) is 0 Å². The summed E-state index contributed by atoms with van der Waals surface area (Å²) in [6, 6.07) is 10.1. The molecule has 1 aromatic carbocycles. The van der Waals surface area contributed by atoms with E-state index in [1.807, 2.05) is 33.4 Å². The third-order valence-corrected chi connectivity index (χ3v) is 6.26. The Morgan fingerprint density at radius 1 is 0.923 bits per heavy atom. The van der Waals surface area contributed by atoms with Gasteiger partial charge in [0, 0.05) is 36.6 Å². The van der Waals surface area contributed by atoms with Crippen LogP contribution >= 0.6 is 11.3 Å². The molecule has 1 aromatic heterocycles. The van der Waals surface area contributed by atoms with E-state index in [0.717, 1.165) is 42.8 Å². The molecule has 2 amide bonds. The number of hydrogen-bond donors (Lipinski definition) is 0. The molecule has 4 nitrogen and oxygen atoms in total. The maximum atomic E-state index is 12.9. The number of fused-ring (bicyclic) bond motifs is 1.